The predicted octanol–water partition coefficient (Wildman–Crippen LogP) is 3.95. The molecular formula is C25H24F3N3O3. The van der Waals surface area contributed by atoms with Crippen LogP contribution in [0.5, 0.6) is 5.75 Å². The third-order valence-electron chi connectivity index (χ3n) is 5.76. The van der Waals surface area contributed by atoms with Crippen LogP contribution in [0.1, 0.15) is 21.6 Å². The lowest BCUT2D eigenvalue weighted by Gasteiger charge is -2.36. The number of alkyl halides is 3. The van der Waals surface area contributed by atoms with Gasteiger partial charge in [-0.3, -0.25) is 9.59 Å². The van der Waals surface area contributed by atoms with Gasteiger partial charge in [0.15, 0.2) is 5.75 Å². The quantitative estimate of drug-likeness (QED) is 0.566. The van der Waals surface area contributed by atoms with Crippen molar-refractivity contribution in [2.45, 2.75) is 12.8 Å². The molecule has 0 spiro atoms. The summed E-state index contributed by atoms with van der Waals surface area (Å²) in [6.45, 7) is 1.67. The highest BCUT2D eigenvalue weighted by atomic mass is 19.4. The molecule has 1 aliphatic rings. The molecule has 6 nitrogen and oxygen atoms in total. The molecule has 3 aromatic rings. The molecule has 2 aromatic carbocycles. The Morgan fingerprint density at radius 1 is 0.971 bits per heavy atom. The van der Waals surface area contributed by atoms with E-state index in [1.807, 2.05) is 35.2 Å². The smallest absolute Gasteiger partial charge is 0.416 e. The van der Waals surface area contributed by atoms with E-state index in [9.17, 15) is 22.8 Å². The average Bonchev–Trinajstić information content (AvgIpc) is 2.84. The lowest BCUT2D eigenvalue weighted by atomic mass is 10.1. The Labute approximate surface area is 194 Å². The van der Waals surface area contributed by atoms with Gasteiger partial charge in [-0.2, -0.15) is 13.2 Å². The Morgan fingerprint density at radius 3 is 2.35 bits per heavy atom. The molecule has 34 heavy (non-hydrogen) atoms. The number of nitrogens with zero attached hydrogens (tertiary/aromatic N) is 3. The number of piperazine rings is 1. The van der Waals surface area contributed by atoms with Crippen molar-refractivity contribution in [1.29, 1.82) is 0 Å². The summed E-state index contributed by atoms with van der Waals surface area (Å²) in [6, 6.07) is 15.9. The summed E-state index contributed by atoms with van der Waals surface area (Å²) in [7, 11) is 1.67. The summed E-state index contributed by atoms with van der Waals surface area (Å²) in [5.74, 6) is -0.157. The topological polar surface area (TPSA) is 54.8 Å². The first-order valence-electron chi connectivity index (χ1n) is 10.8. The Kier molecular flexibility index (Phi) is 6.63. The van der Waals surface area contributed by atoms with Crippen LogP contribution in [0.4, 0.5) is 18.9 Å². The van der Waals surface area contributed by atoms with Crippen LogP contribution in [-0.4, -0.2) is 41.6 Å². The highest BCUT2D eigenvalue weighted by Crippen LogP contribution is 2.32. The summed E-state index contributed by atoms with van der Waals surface area (Å²) in [6.07, 6.45) is -2.91. The lowest BCUT2D eigenvalue weighted by Crippen LogP contribution is -2.49. The second kappa shape index (κ2) is 9.62. The van der Waals surface area contributed by atoms with Crippen molar-refractivity contribution in [2.75, 3.05) is 31.1 Å². The Bertz CT molecular complexity index is 1220. The highest BCUT2D eigenvalue weighted by molar-refractivity contribution is 5.92. The van der Waals surface area contributed by atoms with Gasteiger partial charge in [0.1, 0.15) is 12.3 Å². The molecule has 178 valence electrons. The predicted molar refractivity (Wildman–Crippen MR) is 122 cm³/mol. The van der Waals surface area contributed by atoms with Crippen molar-refractivity contribution in [1.82, 2.24) is 9.47 Å². The molecule has 1 saturated heterocycles. The van der Waals surface area contributed by atoms with E-state index in [1.165, 1.54) is 18.3 Å². The summed E-state index contributed by atoms with van der Waals surface area (Å²) < 4.78 is 46.2. The number of benzene rings is 2. The number of carbonyl (C=O) groups excluding carboxylic acids is 1. The molecule has 4 rings (SSSR count). The number of hydrogen-bond acceptors (Lipinski definition) is 4. The van der Waals surface area contributed by atoms with Gasteiger partial charge < -0.3 is 19.1 Å². The molecule has 1 aliphatic heterocycles. The molecule has 0 N–H and O–H groups in total. The Balaban J connectivity index is 1.41. The van der Waals surface area contributed by atoms with Crippen molar-refractivity contribution in [3.05, 3.63) is 93.9 Å². The van der Waals surface area contributed by atoms with Gasteiger partial charge in [0.05, 0.1) is 11.8 Å². The third-order valence-corrected chi connectivity index (χ3v) is 5.76. The van der Waals surface area contributed by atoms with Gasteiger partial charge in [0, 0.05) is 45.0 Å². The largest absolute Gasteiger partial charge is 0.483 e. The average molecular weight is 471 g/mol. The van der Waals surface area contributed by atoms with E-state index < -0.39 is 11.7 Å². The van der Waals surface area contributed by atoms with Gasteiger partial charge in [0.2, 0.25) is 5.43 Å². The summed E-state index contributed by atoms with van der Waals surface area (Å²) in [5.41, 5.74) is 0.523. The Hall–Kier alpha value is -3.75. The van der Waals surface area contributed by atoms with Gasteiger partial charge in [-0.15, -0.1) is 0 Å². The van der Waals surface area contributed by atoms with Crippen LogP contribution in [-0.2, 0) is 19.8 Å². The van der Waals surface area contributed by atoms with Crippen molar-refractivity contribution in [3.63, 3.8) is 0 Å². The minimum absolute atomic E-state index is 0.150. The standard InChI is InChI=1S/C25H24F3N3O3/c1-29-16-23(34-17-18-6-3-2-4-7-18)22(32)15-21(29)24(33)31-12-10-30(11-13-31)20-9-5-8-19(14-20)25(26,27)28/h2-9,14-16H,10-13,17H2,1H3. The number of aryl methyl sites for hydroxylation is 1. The van der Waals surface area contributed by atoms with E-state index in [0.29, 0.717) is 31.9 Å². The zero-order valence-corrected chi connectivity index (χ0v) is 18.6. The fourth-order valence-electron chi connectivity index (χ4n) is 3.87. The van der Waals surface area contributed by atoms with Crippen LogP contribution in [0.2, 0.25) is 0 Å². The number of pyridine rings is 1. The molecule has 1 amide bonds. The van der Waals surface area contributed by atoms with Gasteiger partial charge >= 0.3 is 6.18 Å². The molecule has 2 heterocycles. The van der Waals surface area contributed by atoms with Gasteiger partial charge in [-0.05, 0) is 23.8 Å². The molecular weight excluding hydrogens is 447 g/mol. The number of ether oxygens (including phenoxy) is 1. The SMILES string of the molecule is Cn1cc(OCc2ccccc2)c(=O)cc1C(=O)N1CCN(c2cccc(C(F)(F)F)c2)CC1. The second-order valence-corrected chi connectivity index (χ2v) is 8.10. The van der Waals surface area contributed by atoms with E-state index in [-0.39, 0.29) is 29.4 Å². The van der Waals surface area contributed by atoms with Crippen LogP contribution in [0.15, 0.2) is 71.7 Å². The van der Waals surface area contributed by atoms with E-state index in [2.05, 4.69) is 0 Å². The van der Waals surface area contributed by atoms with E-state index >= 15 is 0 Å². The molecule has 0 saturated carbocycles. The van der Waals surface area contributed by atoms with E-state index in [0.717, 1.165) is 17.7 Å². The van der Waals surface area contributed by atoms with Gasteiger partial charge in [0.25, 0.3) is 5.91 Å². The highest BCUT2D eigenvalue weighted by Gasteiger charge is 2.31. The molecule has 0 unspecified atom stereocenters. The normalized spacial score (nSPS) is 14.2. The van der Waals surface area contributed by atoms with Crippen molar-refractivity contribution >= 4 is 11.6 Å². The van der Waals surface area contributed by atoms with Crippen LogP contribution in [0.25, 0.3) is 0 Å². The minimum atomic E-state index is -4.41. The van der Waals surface area contributed by atoms with Crippen LogP contribution < -0.4 is 15.1 Å². The van der Waals surface area contributed by atoms with Crippen LogP contribution in [0.3, 0.4) is 0 Å². The number of halogens is 3. The number of hydrogen-bond donors (Lipinski definition) is 0. The van der Waals surface area contributed by atoms with Crippen molar-refractivity contribution in [2.24, 2.45) is 7.05 Å². The maximum atomic E-state index is 13.1. The maximum Gasteiger partial charge on any atom is 0.416 e. The number of amides is 1. The zero-order valence-electron chi connectivity index (χ0n) is 18.6. The zero-order chi connectivity index (χ0) is 24.3. The molecule has 0 aliphatic carbocycles. The molecule has 1 aromatic heterocycles. The minimum Gasteiger partial charge on any atom is -0.483 e. The second-order valence-electron chi connectivity index (χ2n) is 8.10. The fourth-order valence-corrected chi connectivity index (χ4v) is 3.87. The number of aromatic nitrogens is 1. The molecule has 0 bridgehead atoms. The number of carbonyl (C=O) groups is 1. The van der Waals surface area contributed by atoms with E-state index in [1.54, 1.807) is 22.6 Å². The maximum absolute atomic E-state index is 13.1. The first-order valence-corrected chi connectivity index (χ1v) is 10.8. The van der Waals surface area contributed by atoms with E-state index in [4.69, 9.17) is 4.74 Å². The fraction of sp³-hybridized carbons (Fsp3) is 0.280. The van der Waals surface area contributed by atoms with Crippen LogP contribution in [0, 0.1) is 0 Å². The monoisotopic (exact) mass is 471 g/mol. The van der Waals surface area contributed by atoms with Gasteiger partial charge in [-0.25, -0.2) is 0 Å². The molecule has 1 fully saturated rings. The first kappa shape index (κ1) is 23.4. The van der Waals surface area contributed by atoms with Crippen LogP contribution >= 0.6 is 0 Å². The summed E-state index contributed by atoms with van der Waals surface area (Å²) in [5, 5.41) is 0. The summed E-state index contributed by atoms with van der Waals surface area (Å²) in [4.78, 5) is 29.0. The number of anilines is 1. The lowest BCUT2D eigenvalue weighted by molar-refractivity contribution is -0.137. The molecule has 9 heteroatoms. The number of rotatable bonds is 5. The van der Waals surface area contributed by atoms with Crippen molar-refractivity contribution in [3.8, 4) is 5.75 Å². The third kappa shape index (κ3) is 5.24. The van der Waals surface area contributed by atoms with Crippen molar-refractivity contribution < 1.29 is 22.7 Å². The van der Waals surface area contributed by atoms with Gasteiger partial charge in [-0.1, -0.05) is 36.4 Å². The Morgan fingerprint density at radius 2 is 1.68 bits per heavy atom. The summed E-state index contributed by atoms with van der Waals surface area (Å²) >= 11 is 0. The molecule has 0 radical (unpaired) electrons. The molecule has 0 atom stereocenters. The first-order chi connectivity index (χ1) is 16.2.